The predicted molar refractivity (Wildman–Crippen MR) is 83.4 cm³/mol. The molecule has 0 radical (unpaired) electrons. The van der Waals surface area contributed by atoms with Gasteiger partial charge in [-0.05, 0) is 25.1 Å². The Balaban J connectivity index is 2.24. The molecule has 1 rings (SSSR count). The number of benzene rings is 1. The first-order valence-corrected chi connectivity index (χ1v) is 8.26. The van der Waals surface area contributed by atoms with Crippen LogP contribution in [0.3, 0.4) is 0 Å². The number of unbranched alkanes of at least 4 members (excludes halogenated alkanes) is 3. The molecular formula is C16H27NS. The summed E-state index contributed by atoms with van der Waals surface area (Å²) < 4.78 is 0. The van der Waals surface area contributed by atoms with Crippen LogP contribution in [-0.4, -0.2) is 18.3 Å². The molecule has 1 unspecified atom stereocenters. The molecule has 0 fully saturated rings. The van der Waals surface area contributed by atoms with E-state index in [4.69, 9.17) is 0 Å². The molecule has 0 saturated heterocycles. The first-order valence-electron chi connectivity index (χ1n) is 7.28. The Hall–Kier alpha value is -0.470. The lowest BCUT2D eigenvalue weighted by molar-refractivity contribution is 0.500. The van der Waals surface area contributed by atoms with Crippen LogP contribution in [0.15, 0.2) is 35.2 Å². The molecule has 0 amide bonds. The summed E-state index contributed by atoms with van der Waals surface area (Å²) in [5.41, 5.74) is 0. The number of thioether (sulfide) groups is 1. The molecule has 0 aliphatic rings. The minimum absolute atomic E-state index is 0.664. The molecule has 18 heavy (non-hydrogen) atoms. The first kappa shape index (κ1) is 15.6. The second-order valence-electron chi connectivity index (χ2n) is 4.73. The third kappa shape index (κ3) is 7.07. The van der Waals surface area contributed by atoms with Crippen LogP contribution in [0.1, 0.15) is 46.0 Å². The molecule has 1 aromatic rings. The van der Waals surface area contributed by atoms with Crippen molar-refractivity contribution in [1.29, 1.82) is 0 Å². The summed E-state index contributed by atoms with van der Waals surface area (Å²) in [5.74, 6) is 1.18. The van der Waals surface area contributed by atoms with E-state index < -0.39 is 0 Å². The molecule has 1 aromatic carbocycles. The summed E-state index contributed by atoms with van der Waals surface area (Å²) in [6.07, 6.45) is 6.76. The van der Waals surface area contributed by atoms with Crippen molar-refractivity contribution in [3.63, 3.8) is 0 Å². The van der Waals surface area contributed by atoms with Crippen molar-refractivity contribution in [2.45, 2.75) is 56.9 Å². The second kappa shape index (κ2) is 10.5. The van der Waals surface area contributed by atoms with Gasteiger partial charge in [0.2, 0.25) is 0 Å². The highest BCUT2D eigenvalue weighted by Gasteiger charge is 2.07. The Morgan fingerprint density at radius 1 is 1.06 bits per heavy atom. The van der Waals surface area contributed by atoms with Gasteiger partial charge in [-0.3, -0.25) is 0 Å². The molecule has 2 heteroatoms. The second-order valence-corrected chi connectivity index (χ2v) is 5.82. The van der Waals surface area contributed by atoms with Crippen molar-refractivity contribution in [2.75, 3.05) is 12.3 Å². The van der Waals surface area contributed by atoms with Gasteiger partial charge in [-0.1, -0.05) is 57.7 Å². The Kier molecular flexibility index (Phi) is 9.05. The van der Waals surface area contributed by atoms with Gasteiger partial charge in [0.15, 0.2) is 0 Å². The van der Waals surface area contributed by atoms with Gasteiger partial charge in [0.25, 0.3) is 0 Å². The van der Waals surface area contributed by atoms with Gasteiger partial charge in [-0.2, -0.15) is 0 Å². The number of nitrogens with one attached hydrogen (secondary N) is 1. The summed E-state index contributed by atoms with van der Waals surface area (Å²) in [6, 6.07) is 11.4. The molecular weight excluding hydrogens is 238 g/mol. The lowest BCUT2D eigenvalue weighted by Gasteiger charge is -2.17. The molecule has 1 atom stereocenters. The van der Waals surface area contributed by atoms with Gasteiger partial charge >= 0.3 is 0 Å². The molecule has 0 heterocycles. The normalized spacial score (nSPS) is 12.6. The maximum Gasteiger partial charge on any atom is 0.0161 e. The Morgan fingerprint density at radius 2 is 1.83 bits per heavy atom. The van der Waals surface area contributed by atoms with E-state index in [1.165, 1.54) is 42.8 Å². The van der Waals surface area contributed by atoms with E-state index in [1.807, 2.05) is 11.8 Å². The largest absolute Gasteiger partial charge is 0.313 e. The van der Waals surface area contributed by atoms with Crippen LogP contribution >= 0.6 is 11.8 Å². The zero-order valence-electron chi connectivity index (χ0n) is 11.8. The SMILES string of the molecule is CCCCCCC(CSc1ccccc1)NCC. The van der Waals surface area contributed by atoms with Gasteiger partial charge in [-0.15, -0.1) is 11.8 Å². The smallest absolute Gasteiger partial charge is 0.0161 e. The van der Waals surface area contributed by atoms with E-state index in [9.17, 15) is 0 Å². The number of hydrogen-bond donors (Lipinski definition) is 1. The van der Waals surface area contributed by atoms with Crippen LogP contribution in [0.2, 0.25) is 0 Å². The highest BCUT2D eigenvalue weighted by atomic mass is 32.2. The fourth-order valence-electron chi connectivity index (χ4n) is 2.06. The summed E-state index contributed by atoms with van der Waals surface area (Å²) in [4.78, 5) is 1.38. The van der Waals surface area contributed by atoms with Crippen molar-refractivity contribution in [1.82, 2.24) is 5.32 Å². The summed E-state index contributed by atoms with van der Waals surface area (Å²) in [7, 11) is 0. The predicted octanol–water partition coefficient (Wildman–Crippen LogP) is 4.73. The Labute approximate surface area is 117 Å². The van der Waals surface area contributed by atoms with Crippen molar-refractivity contribution < 1.29 is 0 Å². The Bertz CT molecular complexity index is 286. The summed E-state index contributed by atoms with van der Waals surface area (Å²) in [5, 5.41) is 3.61. The first-order chi connectivity index (χ1) is 8.86. The number of rotatable bonds is 10. The summed E-state index contributed by atoms with van der Waals surface area (Å²) in [6.45, 7) is 5.55. The van der Waals surface area contributed by atoms with Crippen LogP contribution in [0.25, 0.3) is 0 Å². The van der Waals surface area contributed by atoms with E-state index in [2.05, 4.69) is 49.5 Å². The highest BCUT2D eigenvalue weighted by molar-refractivity contribution is 7.99. The monoisotopic (exact) mass is 265 g/mol. The van der Waals surface area contributed by atoms with Crippen LogP contribution in [-0.2, 0) is 0 Å². The molecule has 0 bridgehead atoms. The van der Waals surface area contributed by atoms with Crippen molar-refractivity contribution in [3.05, 3.63) is 30.3 Å². The molecule has 0 aromatic heterocycles. The fourth-order valence-corrected chi connectivity index (χ4v) is 3.09. The van der Waals surface area contributed by atoms with Gasteiger partial charge < -0.3 is 5.32 Å². The van der Waals surface area contributed by atoms with Crippen molar-refractivity contribution >= 4 is 11.8 Å². The lowest BCUT2D eigenvalue weighted by Crippen LogP contribution is -2.31. The molecule has 1 nitrogen and oxygen atoms in total. The minimum Gasteiger partial charge on any atom is -0.313 e. The van der Waals surface area contributed by atoms with Crippen LogP contribution in [0, 0.1) is 0 Å². The molecule has 102 valence electrons. The van der Waals surface area contributed by atoms with Crippen LogP contribution in [0.4, 0.5) is 0 Å². The zero-order chi connectivity index (χ0) is 13.1. The van der Waals surface area contributed by atoms with E-state index in [-0.39, 0.29) is 0 Å². The average Bonchev–Trinajstić information content (AvgIpc) is 2.42. The lowest BCUT2D eigenvalue weighted by atomic mass is 10.1. The van der Waals surface area contributed by atoms with Crippen LogP contribution in [0.5, 0.6) is 0 Å². The minimum atomic E-state index is 0.664. The quantitative estimate of drug-likeness (QED) is 0.485. The van der Waals surface area contributed by atoms with E-state index in [1.54, 1.807) is 0 Å². The van der Waals surface area contributed by atoms with E-state index >= 15 is 0 Å². The van der Waals surface area contributed by atoms with Gasteiger partial charge in [0.1, 0.15) is 0 Å². The molecule has 1 N–H and O–H groups in total. The molecule has 0 aliphatic heterocycles. The van der Waals surface area contributed by atoms with Gasteiger partial charge in [0.05, 0.1) is 0 Å². The maximum absolute atomic E-state index is 3.61. The maximum atomic E-state index is 3.61. The van der Waals surface area contributed by atoms with Crippen LogP contribution < -0.4 is 5.32 Å². The van der Waals surface area contributed by atoms with Gasteiger partial charge in [-0.25, -0.2) is 0 Å². The fraction of sp³-hybridized carbons (Fsp3) is 0.625. The summed E-state index contributed by atoms with van der Waals surface area (Å²) >= 11 is 1.97. The molecule has 0 aliphatic carbocycles. The average molecular weight is 265 g/mol. The third-order valence-electron chi connectivity index (χ3n) is 3.09. The van der Waals surface area contributed by atoms with Crippen molar-refractivity contribution in [3.8, 4) is 0 Å². The molecule has 0 spiro atoms. The standard InChI is InChI=1S/C16H27NS/c1-3-5-6-8-11-15(17-4-2)14-18-16-12-9-7-10-13-16/h7,9-10,12-13,15,17H,3-6,8,11,14H2,1-2H3. The topological polar surface area (TPSA) is 12.0 Å². The number of hydrogen-bond acceptors (Lipinski definition) is 2. The zero-order valence-corrected chi connectivity index (χ0v) is 12.6. The van der Waals surface area contributed by atoms with E-state index in [0.717, 1.165) is 6.54 Å². The highest BCUT2D eigenvalue weighted by Crippen LogP contribution is 2.19. The third-order valence-corrected chi connectivity index (χ3v) is 4.27. The van der Waals surface area contributed by atoms with E-state index in [0.29, 0.717) is 6.04 Å². The van der Waals surface area contributed by atoms with Crippen molar-refractivity contribution in [2.24, 2.45) is 0 Å². The molecule has 0 saturated carbocycles. The Morgan fingerprint density at radius 3 is 2.50 bits per heavy atom. The van der Waals surface area contributed by atoms with Gasteiger partial charge in [0, 0.05) is 16.7 Å².